The van der Waals surface area contributed by atoms with Crippen molar-refractivity contribution in [3.63, 3.8) is 0 Å². The van der Waals surface area contributed by atoms with Gasteiger partial charge in [-0.05, 0) is 56.0 Å². The van der Waals surface area contributed by atoms with Crippen LogP contribution in [0.1, 0.15) is 30.5 Å². The van der Waals surface area contributed by atoms with E-state index in [-0.39, 0.29) is 24.8 Å². The summed E-state index contributed by atoms with van der Waals surface area (Å²) in [5.41, 5.74) is 2.87. The van der Waals surface area contributed by atoms with Crippen molar-refractivity contribution >= 4 is 29.5 Å². The highest BCUT2D eigenvalue weighted by atomic mass is 32.2. The molecule has 228 valence electrons. The van der Waals surface area contributed by atoms with Gasteiger partial charge in [0.05, 0.1) is 19.0 Å². The van der Waals surface area contributed by atoms with Crippen LogP contribution in [0.3, 0.4) is 0 Å². The zero-order valence-electron chi connectivity index (χ0n) is 24.9. The van der Waals surface area contributed by atoms with E-state index in [1.165, 1.54) is 23.8 Å². The van der Waals surface area contributed by atoms with E-state index < -0.39 is 34.7 Å². The number of nitrogens with zero attached hydrogens (tertiary/aromatic N) is 1. The van der Waals surface area contributed by atoms with E-state index >= 15 is 0 Å². The SMILES string of the molecule is COc1ccccc1OCC(=O)NC(Cc1ccccc1)C(O)C(=O)N1CSC(C)(C)C1C(=O)NCc1ccccc1C. The van der Waals surface area contributed by atoms with Crippen molar-refractivity contribution in [3.05, 3.63) is 95.6 Å². The first-order valence-electron chi connectivity index (χ1n) is 14.1. The summed E-state index contributed by atoms with van der Waals surface area (Å²) in [7, 11) is 1.51. The Morgan fingerprint density at radius 2 is 1.65 bits per heavy atom. The standard InChI is InChI=1S/C33H39N3O6S/c1-22-12-8-9-15-24(22)19-34-31(39)30-33(2,3)43-21-36(30)32(40)29(38)25(18-23-13-6-5-7-14-23)35-28(37)20-42-27-17-11-10-16-26(27)41-4/h5-17,25,29-30,38H,18-21H2,1-4H3,(H,34,39)(H,35,37). The second-order valence-corrected chi connectivity index (χ2v) is 12.6. The average Bonchev–Trinajstić information content (AvgIpc) is 3.33. The fourth-order valence-electron chi connectivity index (χ4n) is 5.08. The number of carbonyl (C=O) groups is 3. The number of methoxy groups -OCH3 is 1. The largest absolute Gasteiger partial charge is 0.493 e. The Labute approximate surface area is 257 Å². The molecule has 3 unspecified atom stereocenters. The number of nitrogens with one attached hydrogen (secondary N) is 2. The van der Waals surface area contributed by atoms with Crippen molar-refractivity contribution < 1.29 is 29.0 Å². The van der Waals surface area contributed by atoms with Crippen LogP contribution >= 0.6 is 11.8 Å². The van der Waals surface area contributed by atoms with E-state index in [0.717, 1.165) is 16.7 Å². The molecule has 0 bridgehead atoms. The molecular weight excluding hydrogens is 566 g/mol. The first kappa shape index (κ1) is 31.9. The topological polar surface area (TPSA) is 117 Å². The third kappa shape index (κ3) is 8.09. The Morgan fingerprint density at radius 1 is 1.00 bits per heavy atom. The molecule has 3 amide bonds. The zero-order chi connectivity index (χ0) is 31.0. The molecule has 0 radical (unpaired) electrons. The number of aliphatic hydroxyl groups is 1. The first-order valence-corrected chi connectivity index (χ1v) is 15.1. The average molecular weight is 606 g/mol. The highest BCUT2D eigenvalue weighted by molar-refractivity contribution is 8.00. The van der Waals surface area contributed by atoms with Crippen LogP contribution in [0, 0.1) is 6.92 Å². The number of ether oxygens (including phenoxy) is 2. The Kier molecular flexibility index (Phi) is 10.7. The monoisotopic (exact) mass is 605 g/mol. The van der Waals surface area contributed by atoms with Crippen molar-refractivity contribution in [2.75, 3.05) is 19.6 Å². The number of benzene rings is 3. The second kappa shape index (κ2) is 14.4. The number of aryl methyl sites for hydroxylation is 1. The Hall–Kier alpha value is -4.02. The van der Waals surface area contributed by atoms with E-state index in [9.17, 15) is 19.5 Å². The van der Waals surface area contributed by atoms with E-state index in [4.69, 9.17) is 9.47 Å². The summed E-state index contributed by atoms with van der Waals surface area (Å²) in [5, 5.41) is 17.2. The molecule has 1 heterocycles. The molecule has 1 aliphatic rings. The summed E-state index contributed by atoms with van der Waals surface area (Å²) in [5.74, 6) is -0.329. The molecule has 3 atom stereocenters. The maximum atomic E-state index is 13.8. The van der Waals surface area contributed by atoms with Gasteiger partial charge in [-0.15, -0.1) is 11.8 Å². The number of carbonyl (C=O) groups excluding carboxylic acids is 3. The van der Waals surface area contributed by atoms with E-state index in [0.29, 0.717) is 18.0 Å². The van der Waals surface area contributed by atoms with Crippen LogP contribution in [-0.2, 0) is 27.3 Å². The molecule has 3 aromatic carbocycles. The summed E-state index contributed by atoms with van der Waals surface area (Å²) < 4.78 is 10.3. The van der Waals surface area contributed by atoms with Gasteiger partial charge in [-0.3, -0.25) is 14.4 Å². The smallest absolute Gasteiger partial charge is 0.258 e. The van der Waals surface area contributed by atoms with Crippen LogP contribution in [0.5, 0.6) is 11.5 Å². The van der Waals surface area contributed by atoms with Crippen LogP contribution in [0.25, 0.3) is 0 Å². The van der Waals surface area contributed by atoms with Gasteiger partial charge in [-0.25, -0.2) is 0 Å². The summed E-state index contributed by atoms with van der Waals surface area (Å²) in [6, 6.07) is 22.2. The van der Waals surface area contributed by atoms with Gasteiger partial charge >= 0.3 is 0 Å². The van der Waals surface area contributed by atoms with Gasteiger partial charge in [0.1, 0.15) is 6.04 Å². The predicted molar refractivity (Wildman–Crippen MR) is 167 cm³/mol. The van der Waals surface area contributed by atoms with E-state index in [1.54, 1.807) is 24.3 Å². The summed E-state index contributed by atoms with van der Waals surface area (Å²) >= 11 is 1.47. The molecular formula is C33H39N3O6S. The molecule has 1 fully saturated rings. The lowest BCUT2D eigenvalue weighted by Crippen LogP contribution is -2.59. The van der Waals surface area contributed by atoms with Gasteiger partial charge in [0.15, 0.2) is 24.2 Å². The molecule has 1 aliphatic heterocycles. The van der Waals surface area contributed by atoms with E-state index in [2.05, 4.69) is 10.6 Å². The number of hydrogen-bond acceptors (Lipinski definition) is 7. The lowest BCUT2D eigenvalue weighted by atomic mass is 9.97. The number of aliphatic hydroxyl groups excluding tert-OH is 1. The Bertz CT molecular complexity index is 1420. The lowest BCUT2D eigenvalue weighted by Gasteiger charge is -2.33. The molecule has 0 spiro atoms. The highest BCUT2D eigenvalue weighted by Crippen LogP contribution is 2.40. The van der Waals surface area contributed by atoms with Crippen LogP contribution in [0.4, 0.5) is 0 Å². The van der Waals surface area contributed by atoms with Crippen LogP contribution in [0.15, 0.2) is 78.9 Å². The Morgan fingerprint density at radius 3 is 2.35 bits per heavy atom. The maximum absolute atomic E-state index is 13.8. The molecule has 3 N–H and O–H groups in total. The van der Waals surface area contributed by atoms with Crippen molar-refractivity contribution in [2.45, 2.75) is 56.7 Å². The normalized spacial score (nSPS) is 17.0. The quantitative estimate of drug-likeness (QED) is 0.290. The maximum Gasteiger partial charge on any atom is 0.258 e. The molecule has 0 aromatic heterocycles. The number of amides is 3. The molecule has 3 aromatic rings. The first-order chi connectivity index (χ1) is 20.6. The molecule has 4 rings (SSSR count). The lowest BCUT2D eigenvalue weighted by molar-refractivity contribution is -0.148. The predicted octanol–water partition coefficient (Wildman–Crippen LogP) is 3.47. The van der Waals surface area contributed by atoms with Crippen LogP contribution < -0.4 is 20.1 Å². The minimum atomic E-state index is -1.60. The molecule has 0 aliphatic carbocycles. The van der Waals surface area contributed by atoms with Crippen molar-refractivity contribution in [1.82, 2.24) is 15.5 Å². The van der Waals surface area contributed by atoms with Crippen LogP contribution in [0.2, 0.25) is 0 Å². The fourth-order valence-corrected chi connectivity index (χ4v) is 6.22. The summed E-state index contributed by atoms with van der Waals surface area (Å²) in [4.78, 5) is 41.8. The van der Waals surface area contributed by atoms with Gasteiger partial charge in [-0.1, -0.05) is 66.7 Å². The number of para-hydroxylation sites is 2. The van der Waals surface area contributed by atoms with Gasteiger partial charge in [0, 0.05) is 11.3 Å². The molecule has 9 nitrogen and oxygen atoms in total. The molecule has 43 heavy (non-hydrogen) atoms. The Balaban J connectivity index is 1.48. The minimum absolute atomic E-state index is 0.197. The molecule has 1 saturated heterocycles. The van der Waals surface area contributed by atoms with Crippen molar-refractivity contribution in [2.24, 2.45) is 0 Å². The van der Waals surface area contributed by atoms with Gasteiger partial charge < -0.3 is 30.1 Å². The molecule has 10 heteroatoms. The minimum Gasteiger partial charge on any atom is -0.493 e. The van der Waals surface area contributed by atoms with Gasteiger partial charge in [0.2, 0.25) is 5.91 Å². The third-order valence-corrected chi connectivity index (χ3v) is 8.87. The second-order valence-electron chi connectivity index (χ2n) is 11.0. The molecule has 0 saturated carbocycles. The number of hydrogen-bond donors (Lipinski definition) is 3. The third-order valence-electron chi connectivity index (χ3n) is 7.50. The van der Waals surface area contributed by atoms with E-state index in [1.807, 2.05) is 75.4 Å². The van der Waals surface area contributed by atoms with Crippen molar-refractivity contribution in [1.29, 1.82) is 0 Å². The fraction of sp³-hybridized carbons (Fsp3) is 0.364. The van der Waals surface area contributed by atoms with Crippen LogP contribution in [-0.4, -0.2) is 70.3 Å². The zero-order valence-corrected chi connectivity index (χ0v) is 25.7. The van der Waals surface area contributed by atoms with Crippen molar-refractivity contribution in [3.8, 4) is 11.5 Å². The van der Waals surface area contributed by atoms with Gasteiger partial charge in [-0.2, -0.15) is 0 Å². The summed E-state index contributed by atoms with van der Waals surface area (Å²) in [6.07, 6.45) is -1.40. The number of thioether (sulfide) groups is 1. The van der Waals surface area contributed by atoms with Gasteiger partial charge in [0.25, 0.3) is 11.8 Å². The highest BCUT2D eigenvalue weighted by Gasteiger charge is 2.49. The number of rotatable bonds is 12. The summed E-state index contributed by atoms with van der Waals surface area (Å²) in [6.45, 7) is 5.78.